The average molecular weight is 230 g/mol. The van der Waals surface area contributed by atoms with Crippen molar-refractivity contribution in [1.82, 2.24) is 4.90 Å². The maximum Gasteiger partial charge on any atom is 0.227 e. The molecular formula is C11H16ClNO2. The van der Waals surface area contributed by atoms with E-state index in [4.69, 9.17) is 11.6 Å². The van der Waals surface area contributed by atoms with Crippen LogP contribution in [0.5, 0.6) is 0 Å². The van der Waals surface area contributed by atoms with Gasteiger partial charge in [0.25, 0.3) is 0 Å². The van der Waals surface area contributed by atoms with E-state index < -0.39 is 0 Å². The lowest BCUT2D eigenvalue weighted by Crippen LogP contribution is -2.38. The molecule has 1 aliphatic heterocycles. The Hall–Kier alpha value is -0.570. The minimum Gasteiger partial charge on any atom is -0.339 e. The van der Waals surface area contributed by atoms with Crippen molar-refractivity contribution in [3.05, 3.63) is 0 Å². The lowest BCUT2D eigenvalue weighted by atomic mass is 9.94. The third-order valence-corrected chi connectivity index (χ3v) is 3.80. The van der Waals surface area contributed by atoms with Gasteiger partial charge < -0.3 is 4.90 Å². The van der Waals surface area contributed by atoms with Gasteiger partial charge in [0.15, 0.2) is 0 Å². The maximum absolute atomic E-state index is 11.7. The van der Waals surface area contributed by atoms with E-state index in [1.807, 2.05) is 4.90 Å². The molecule has 0 bridgehead atoms. The molecule has 3 nitrogen and oxygen atoms in total. The van der Waals surface area contributed by atoms with Crippen molar-refractivity contribution in [2.75, 3.05) is 6.54 Å². The van der Waals surface area contributed by atoms with Crippen LogP contribution < -0.4 is 0 Å². The zero-order chi connectivity index (χ0) is 10.8. The average Bonchev–Trinajstić information content (AvgIpc) is 2.62. The summed E-state index contributed by atoms with van der Waals surface area (Å²) < 4.78 is 0. The van der Waals surface area contributed by atoms with Crippen molar-refractivity contribution in [3.8, 4) is 0 Å². The molecule has 0 aromatic carbocycles. The molecule has 0 radical (unpaired) electrons. The Morgan fingerprint density at radius 1 is 1.27 bits per heavy atom. The van der Waals surface area contributed by atoms with Crippen molar-refractivity contribution in [2.24, 2.45) is 5.92 Å². The van der Waals surface area contributed by atoms with Crippen LogP contribution in [-0.4, -0.2) is 28.6 Å². The Balaban J connectivity index is 1.97. The second-order valence-corrected chi connectivity index (χ2v) is 4.92. The topological polar surface area (TPSA) is 37.4 Å². The minimum absolute atomic E-state index is 0.112. The lowest BCUT2D eigenvalue weighted by Gasteiger charge is -2.31. The fourth-order valence-electron chi connectivity index (χ4n) is 2.63. The van der Waals surface area contributed by atoms with Crippen LogP contribution in [0, 0.1) is 5.92 Å². The number of rotatable bonds is 2. The third kappa shape index (κ3) is 2.33. The Kier molecular flexibility index (Phi) is 3.29. The number of nitrogens with zero attached hydrogens (tertiary/aromatic N) is 1. The van der Waals surface area contributed by atoms with Crippen molar-refractivity contribution >= 4 is 22.8 Å². The molecule has 2 fully saturated rings. The van der Waals surface area contributed by atoms with Gasteiger partial charge in [-0.2, -0.15) is 0 Å². The van der Waals surface area contributed by atoms with Crippen LogP contribution >= 0.6 is 11.6 Å². The van der Waals surface area contributed by atoms with Gasteiger partial charge in [0.2, 0.25) is 11.1 Å². The fourth-order valence-corrected chi connectivity index (χ4v) is 2.78. The highest BCUT2D eigenvalue weighted by molar-refractivity contribution is 6.64. The van der Waals surface area contributed by atoms with E-state index in [9.17, 15) is 9.59 Å². The largest absolute Gasteiger partial charge is 0.339 e. The van der Waals surface area contributed by atoms with Gasteiger partial charge in [0, 0.05) is 19.0 Å². The summed E-state index contributed by atoms with van der Waals surface area (Å²) in [6, 6.07) is 0.368. The van der Waals surface area contributed by atoms with Crippen LogP contribution in [0.4, 0.5) is 0 Å². The van der Waals surface area contributed by atoms with E-state index in [0.29, 0.717) is 19.0 Å². The zero-order valence-corrected chi connectivity index (χ0v) is 9.50. The van der Waals surface area contributed by atoms with Gasteiger partial charge in [-0.1, -0.05) is 19.3 Å². The van der Waals surface area contributed by atoms with Gasteiger partial charge in [-0.05, 0) is 24.4 Å². The predicted octanol–water partition coefficient (Wildman–Crippen LogP) is 1.93. The molecule has 0 N–H and O–H groups in total. The highest BCUT2D eigenvalue weighted by Gasteiger charge is 2.37. The van der Waals surface area contributed by atoms with E-state index in [1.54, 1.807) is 0 Å². The first-order valence-electron chi connectivity index (χ1n) is 5.67. The van der Waals surface area contributed by atoms with E-state index in [-0.39, 0.29) is 17.1 Å². The Morgan fingerprint density at radius 2 is 1.93 bits per heavy atom. The smallest absolute Gasteiger partial charge is 0.227 e. The zero-order valence-electron chi connectivity index (χ0n) is 8.75. The minimum atomic E-state index is -0.360. The molecule has 1 heterocycles. The number of hydrogen-bond acceptors (Lipinski definition) is 2. The molecule has 0 unspecified atom stereocenters. The van der Waals surface area contributed by atoms with Gasteiger partial charge in [-0.25, -0.2) is 0 Å². The molecule has 0 spiro atoms. The van der Waals surface area contributed by atoms with Crippen LogP contribution in [0.25, 0.3) is 0 Å². The normalized spacial score (nSPS) is 28.5. The molecule has 0 aromatic heterocycles. The molecule has 4 heteroatoms. The molecule has 1 amide bonds. The molecule has 0 aromatic rings. The lowest BCUT2D eigenvalue weighted by molar-refractivity contribution is -0.130. The third-order valence-electron chi connectivity index (χ3n) is 3.49. The number of likely N-dealkylation sites (tertiary alicyclic amines) is 1. The van der Waals surface area contributed by atoms with Crippen molar-refractivity contribution in [2.45, 2.75) is 44.6 Å². The summed E-state index contributed by atoms with van der Waals surface area (Å²) in [5.74, 6) is -0.151. The van der Waals surface area contributed by atoms with Crippen LogP contribution in [-0.2, 0) is 9.59 Å². The predicted molar refractivity (Wildman–Crippen MR) is 57.6 cm³/mol. The Bertz CT molecular complexity index is 274. The molecule has 84 valence electrons. The SMILES string of the molecule is O=C(Cl)[C@H]1CC(=O)N(C2CCCCC2)C1. The van der Waals surface area contributed by atoms with Gasteiger partial charge in [0.05, 0.1) is 5.92 Å². The van der Waals surface area contributed by atoms with Crippen molar-refractivity contribution in [1.29, 1.82) is 0 Å². The molecule has 1 aliphatic carbocycles. The number of halogens is 1. The van der Waals surface area contributed by atoms with Crippen molar-refractivity contribution < 1.29 is 9.59 Å². The summed E-state index contributed by atoms with van der Waals surface area (Å²) in [5, 5.41) is -0.360. The van der Waals surface area contributed by atoms with Crippen LogP contribution in [0.15, 0.2) is 0 Å². The van der Waals surface area contributed by atoms with Gasteiger partial charge in [-0.3, -0.25) is 9.59 Å². The fraction of sp³-hybridized carbons (Fsp3) is 0.818. The Labute approximate surface area is 94.8 Å². The summed E-state index contributed by atoms with van der Waals surface area (Å²) >= 11 is 5.44. The Morgan fingerprint density at radius 3 is 2.47 bits per heavy atom. The van der Waals surface area contributed by atoms with Gasteiger partial charge in [0.1, 0.15) is 0 Å². The summed E-state index contributed by atoms with van der Waals surface area (Å²) in [6.07, 6.45) is 6.18. The summed E-state index contributed by atoms with van der Waals surface area (Å²) in [6.45, 7) is 0.547. The molecule has 1 saturated carbocycles. The second-order valence-electron chi connectivity index (χ2n) is 4.54. The molecule has 1 atom stereocenters. The van der Waals surface area contributed by atoms with Gasteiger partial charge >= 0.3 is 0 Å². The first-order chi connectivity index (χ1) is 7.18. The monoisotopic (exact) mass is 229 g/mol. The highest BCUT2D eigenvalue weighted by Crippen LogP contribution is 2.29. The van der Waals surface area contributed by atoms with E-state index in [2.05, 4.69) is 0 Å². The number of carbonyl (C=O) groups excluding carboxylic acids is 2. The molecule has 15 heavy (non-hydrogen) atoms. The number of hydrogen-bond donors (Lipinski definition) is 0. The molecule has 1 saturated heterocycles. The second kappa shape index (κ2) is 4.52. The first-order valence-corrected chi connectivity index (χ1v) is 6.05. The maximum atomic E-state index is 11.7. The standard InChI is InChI=1S/C11H16ClNO2/c12-11(15)8-6-10(14)13(7-8)9-4-2-1-3-5-9/h8-9H,1-7H2/t8-/m0/s1. The number of carbonyl (C=O) groups is 2. The molecule has 2 aliphatic rings. The van der Waals surface area contributed by atoms with E-state index in [1.165, 1.54) is 19.3 Å². The molecular weight excluding hydrogens is 214 g/mol. The van der Waals surface area contributed by atoms with Crippen LogP contribution in [0.2, 0.25) is 0 Å². The van der Waals surface area contributed by atoms with Crippen LogP contribution in [0.1, 0.15) is 38.5 Å². The van der Waals surface area contributed by atoms with Crippen molar-refractivity contribution in [3.63, 3.8) is 0 Å². The van der Waals surface area contributed by atoms with E-state index >= 15 is 0 Å². The molecule has 2 rings (SSSR count). The summed E-state index contributed by atoms with van der Waals surface area (Å²) in [5.41, 5.74) is 0. The quantitative estimate of drug-likeness (QED) is 0.679. The van der Waals surface area contributed by atoms with Gasteiger partial charge in [-0.15, -0.1) is 0 Å². The summed E-state index contributed by atoms with van der Waals surface area (Å²) in [7, 11) is 0. The first kappa shape index (κ1) is 10.9. The highest BCUT2D eigenvalue weighted by atomic mass is 35.5. The van der Waals surface area contributed by atoms with Crippen LogP contribution in [0.3, 0.4) is 0 Å². The van der Waals surface area contributed by atoms with E-state index in [0.717, 1.165) is 12.8 Å². The number of amides is 1. The summed E-state index contributed by atoms with van der Waals surface area (Å²) in [4.78, 5) is 24.6.